The Hall–Kier alpha value is -1.02. The van der Waals surface area contributed by atoms with Gasteiger partial charge in [-0.15, -0.1) is 12.4 Å². The van der Waals surface area contributed by atoms with E-state index in [9.17, 15) is 0 Å². The van der Waals surface area contributed by atoms with Crippen molar-refractivity contribution in [2.45, 2.75) is 38.5 Å². The predicted molar refractivity (Wildman–Crippen MR) is 73.1 cm³/mol. The van der Waals surface area contributed by atoms with E-state index in [1.54, 1.807) is 11.1 Å². The molecule has 92 valence electrons. The molecule has 3 N–H and O–H groups in total. The van der Waals surface area contributed by atoms with Crippen molar-refractivity contribution < 1.29 is 0 Å². The zero-order valence-electron chi connectivity index (χ0n) is 9.96. The number of benzene rings is 1. The van der Waals surface area contributed by atoms with Gasteiger partial charge in [0.25, 0.3) is 0 Å². The second-order valence-electron chi connectivity index (χ2n) is 5.16. The molecule has 2 aliphatic rings. The summed E-state index contributed by atoms with van der Waals surface area (Å²) < 4.78 is 0. The summed E-state index contributed by atoms with van der Waals surface area (Å²) in [7, 11) is 0. The molecule has 0 spiro atoms. The SMILES string of the molecule is Cl.N=C(N)C1Cc2cc3c(cc2C1)CCCC3. The smallest absolute Gasteiger partial charge is 0.0943 e. The topological polar surface area (TPSA) is 49.9 Å². The molecule has 0 fully saturated rings. The maximum Gasteiger partial charge on any atom is 0.0943 e. The van der Waals surface area contributed by atoms with Crippen molar-refractivity contribution in [3.05, 3.63) is 34.4 Å². The molecule has 0 radical (unpaired) electrons. The van der Waals surface area contributed by atoms with E-state index in [0.29, 0.717) is 5.84 Å². The molecule has 2 aliphatic carbocycles. The van der Waals surface area contributed by atoms with Crippen LogP contribution in [0, 0.1) is 11.3 Å². The molecule has 3 rings (SSSR count). The Bertz CT molecular complexity index is 419. The average Bonchev–Trinajstić information content (AvgIpc) is 2.68. The number of aryl methyl sites for hydroxylation is 2. The Labute approximate surface area is 109 Å². The van der Waals surface area contributed by atoms with Gasteiger partial charge >= 0.3 is 0 Å². The summed E-state index contributed by atoms with van der Waals surface area (Å²) in [5, 5.41) is 7.55. The highest BCUT2D eigenvalue weighted by Crippen LogP contribution is 2.32. The van der Waals surface area contributed by atoms with E-state index in [1.165, 1.54) is 36.8 Å². The molecule has 3 heteroatoms. The Morgan fingerprint density at radius 1 is 1.00 bits per heavy atom. The number of hydrogen-bond acceptors (Lipinski definition) is 1. The van der Waals surface area contributed by atoms with Crippen molar-refractivity contribution in [2.24, 2.45) is 11.7 Å². The second-order valence-corrected chi connectivity index (χ2v) is 5.16. The average molecular weight is 251 g/mol. The van der Waals surface area contributed by atoms with Crippen LogP contribution in [0.15, 0.2) is 12.1 Å². The molecule has 1 aromatic carbocycles. The summed E-state index contributed by atoms with van der Waals surface area (Å²) in [5.74, 6) is 0.619. The van der Waals surface area contributed by atoms with Crippen molar-refractivity contribution in [2.75, 3.05) is 0 Å². The van der Waals surface area contributed by atoms with Crippen LogP contribution in [0.2, 0.25) is 0 Å². The van der Waals surface area contributed by atoms with E-state index >= 15 is 0 Å². The highest BCUT2D eigenvalue weighted by molar-refractivity contribution is 5.85. The first-order valence-corrected chi connectivity index (χ1v) is 6.21. The summed E-state index contributed by atoms with van der Waals surface area (Å²) in [6.45, 7) is 0. The molecule has 0 aliphatic heterocycles. The Morgan fingerprint density at radius 2 is 1.47 bits per heavy atom. The molecule has 0 amide bonds. The van der Waals surface area contributed by atoms with Gasteiger partial charge in [0.2, 0.25) is 0 Å². The van der Waals surface area contributed by atoms with E-state index < -0.39 is 0 Å². The molecular formula is C14H19ClN2. The first-order chi connectivity index (χ1) is 7.74. The van der Waals surface area contributed by atoms with Gasteiger partial charge in [-0.25, -0.2) is 0 Å². The van der Waals surface area contributed by atoms with Crippen LogP contribution < -0.4 is 5.73 Å². The van der Waals surface area contributed by atoms with Crippen LogP contribution in [-0.2, 0) is 25.7 Å². The van der Waals surface area contributed by atoms with Crippen LogP contribution in [0.1, 0.15) is 35.1 Å². The van der Waals surface area contributed by atoms with Crippen molar-refractivity contribution in [1.29, 1.82) is 5.41 Å². The minimum absolute atomic E-state index is 0. The summed E-state index contributed by atoms with van der Waals surface area (Å²) >= 11 is 0. The molecule has 17 heavy (non-hydrogen) atoms. The van der Waals surface area contributed by atoms with Crippen molar-refractivity contribution in [3.8, 4) is 0 Å². The first-order valence-electron chi connectivity index (χ1n) is 6.21. The summed E-state index contributed by atoms with van der Waals surface area (Å²) in [6.07, 6.45) is 7.13. The number of nitrogens with one attached hydrogen (secondary N) is 1. The van der Waals surface area contributed by atoms with Gasteiger partial charge in [0.05, 0.1) is 5.84 Å². The molecule has 0 bridgehead atoms. The minimum atomic E-state index is 0. The molecule has 0 saturated heterocycles. The molecule has 1 aromatic rings. The van der Waals surface area contributed by atoms with Crippen LogP contribution in [0.25, 0.3) is 0 Å². The summed E-state index contributed by atoms with van der Waals surface area (Å²) in [4.78, 5) is 0. The van der Waals surface area contributed by atoms with E-state index in [2.05, 4.69) is 12.1 Å². The minimum Gasteiger partial charge on any atom is -0.387 e. The fraction of sp³-hybridized carbons (Fsp3) is 0.500. The fourth-order valence-corrected chi connectivity index (χ4v) is 3.09. The largest absolute Gasteiger partial charge is 0.387 e. The van der Waals surface area contributed by atoms with Crippen LogP contribution in [0.4, 0.5) is 0 Å². The molecule has 0 heterocycles. The van der Waals surface area contributed by atoms with Gasteiger partial charge in [-0.3, -0.25) is 5.41 Å². The van der Waals surface area contributed by atoms with Crippen molar-refractivity contribution in [1.82, 2.24) is 0 Å². The fourth-order valence-electron chi connectivity index (χ4n) is 3.09. The first kappa shape index (κ1) is 12.4. The lowest BCUT2D eigenvalue weighted by Crippen LogP contribution is -2.22. The normalized spacial score (nSPS) is 18.1. The number of hydrogen-bond donors (Lipinski definition) is 2. The third-order valence-corrected chi connectivity index (χ3v) is 4.04. The lowest BCUT2D eigenvalue weighted by Gasteiger charge is -2.17. The summed E-state index contributed by atoms with van der Waals surface area (Å²) in [5.41, 5.74) is 11.6. The molecular weight excluding hydrogens is 232 g/mol. The highest BCUT2D eigenvalue weighted by atomic mass is 35.5. The zero-order chi connectivity index (χ0) is 11.1. The van der Waals surface area contributed by atoms with Crippen molar-refractivity contribution in [3.63, 3.8) is 0 Å². The van der Waals surface area contributed by atoms with Gasteiger partial charge in [0.1, 0.15) is 0 Å². The molecule has 0 aromatic heterocycles. The maximum absolute atomic E-state index is 7.55. The number of halogens is 1. The van der Waals surface area contributed by atoms with E-state index in [4.69, 9.17) is 11.1 Å². The van der Waals surface area contributed by atoms with Crippen LogP contribution in [0.3, 0.4) is 0 Å². The second kappa shape index (κ2) is 4.69. The quantitative estimate of drug-likeness (QED) is 0.584. The van der Waals surface area contributed by atoms with Gasteiger partial charge in [-0.2, -0.15) is 0 Å². The van der Waals surface area contributed by atoms with Crippen LogP contribution in [-0.4, -0.2) is 5.84 Å². The summed E-state index contributed by atoms with van der Waals surface area (Å²) in [6, 6.07) is 4.76. The zero-order valence-corrected chi connectivity index (χ0v) is 10.8. The van der Waals surface area contributed by atoms with Gasteiger partial charge in [-0.1, -0.05) is 12.1 Å². The van der Waals surface area contributed by atoms with Gasteiger partial charge in [0, 0.05) is 5.92 Å². The molecule has 0 atom stereocenters. The lowest BCUT2D eigenvalue weighted by atomic mass is 9.89. The molecule has 0 unspecified atom stereocenters. The van der Waals surface area contributed by atoms with Crippen LogP contribution >= 0.6 is 12.4 Å². The monoisotopic (exact) mass is 250 g/mol. The predicted octanol–water partition coefficient (Wildman–Crippen LogP) is 2.64. The van der Waals surface area contributed by atoms with Gasteiger partial charge in [-0.05, 0) is 60.8 Å². The maximum atomic E-state index is 7.55. The van der Waals surface area contributed by atoms with E-state index in [1.807, 2.05) is 0 Å². The number of nitrogens with two attached hydrogens (primary N) is 1. The highest BCUT2D eigenvalue weighted by Gasteiger charge is 2.25. The number of amidine groups is 1. The molecule has 2 nitrogen and oxygen atoms in total. The number of fused-ring (bicyclic) bond motifs is 2. The lowest BCUT2D eigenvalue weighted by molar-refractivity contribution is 0.684. The van der Waals surface area contributed by atoms with E-state index in [-0.39, 0.29) is 18.3 Å². The third kappa shape index (κ3) is 2.19. The standard InChI is InChI=1S/C14H18N2.ClH/c15-14(16)13-7-11-5-9-3-1-2-4-10(9)6-12(11)8-13;/h5-6,13H,1-4,7-8H2,(H3,15,16);1H. The van der Waals surface area contributed by atoms with E-state index in [0.717, 1.165) is 12.8 Å². The van der Waals surface area contributed by atoms with Gasteiger partial charge in [0.15, 0.2) is 0 Å². The number of rotatable bonds is 1. The third-order valence-electron chi connectivity index (χ3n) is 4.04. The van der Waals surface area contributed by atoms with Crippen LogP contribution in [0.5, 0.6) is 0 Å². The Balaban J connectivity index is 0.00000108. The van der Waals surface area contributed by atoms with Crippen molar-refractivity contribution >= 4 is 18.2 Å². The molecule has 0 saturated carbocycles. The Kier molecular flexibility index (Phi) is 3.43. The Morgan fingerprint density at radius 3 is 1.88 bits per heavy atom. The van der Waals surface area contributed by atoms with Gasteiger partial charge < -0.3 is 5.73 Å².